The molecule has 0 bridgehead atoms. The van der Waals surface area contributed by atoms with Gasteiger partial charge in [-0.25, -0.2) is 4.39 Å². The van der Waals surface area contributed by atoms with Gasteiger partial charge in [0.2, 0.25) is 0 Å². The van der Waals surface area contributed by atoms with Gasteiger partial charge in [-0.3, -0.25) is 4.79 Å². The van der Waals surface area contributed by atoms with Crippen LogP contribution in [0.1, 0.15) is 42.6 Å². The van der Waals surface area contributed by atoms with Crippen LogP contribution in [-0.2, 0) is 6.18 Å². The Labute approximate surface area is 120 Å². The second-order valence-electron chi connectivity index (χ2n) is 4.79. The van der Waals surface area contributed by atoms with Crippen LogP contribution in [0, 0.1) is 5.82 Å². The van der Waals surface area contributed by atoms with E-state index in [4.69, 9.17) is 0 Å². The van der Waals surface area contributed by atoms with Crippen molar-refractivity contribution >= 4 is 5.91 Å². The smallest absolute Gasteiger partial charge is 0.394 e. The third-order valence-corrected chi connectivity index (χ3v) is 3.57. The van der Waals surface area contributed by atoms with Gasteiger partial charge in [0, 0.05) is 0 Å². The fourth-order valence-electron chi connectivity index (χ4n) is 1.87. The van der Waals surface area contributed by atoms with E-state index in [-0.39, 0.29) is 6.61 Å². The molecule has 0 unspecified atom stereocenters. The lowest BCUT2D eigenvalue weighted by Gasteiger charge is -2.30. The molecule has 0 aliphatic rings. The van der Waals surface area contributed by atoms with E-state index in [1.54, 1.807) is 13.8 Å². The summed E-state index contributed by atoms with van der Waals surface area (Å²) in [5.41, 5.74) is -2.77. The molecular weight excluding hydrogens is 290 g/mol. The van der Waals surface area contributed by atoms with Gasteiger partial charge in [0.15, 0.2) is 0 Å². The molecule has 3 nitrogen and oxygen atoms in total. The number of carbonyl (C=O) groups excluding carboxylic acids is 1. The van der Waals surface area contributed by atoms with Crippen molar-refractivity contribution in [1.29, 1.82) is 0 Å². The van der Waals surface area contributed by atoms with Crippen LogP contribution >= 0.6 is 0 Å². The van der Waals surface area contributed by atoms with Gasteiger partial charge < -0.3 is 10.4 Å². The highest BCUT2D eigenvalue weighted by Crippen LogP contribution is 2.30. The maximum Gasteiger partial charge on any atom is 0.416 e. The molecule has 0 atom stereocenters. The quantitative estimate of drug-likeness (QED) is 0.821. The van der Waals surface area contributed by atoms with E-state index in [1.165, 1.54) is 0 Å². The Balaban J connectivity index is 3.13. The van der Waals surface area contributed by atoms with Crippen LogP contribution in [0.2, 0.25) is 0 Å². The first-order chi connectivity index (χ1) is 9.69. The van der Waals surface area contributed by atoms with Gasteiger partial charge in [-0.05, 0) is 31.0 Å². The maximum atomic E-state index is 13.6. The minimum Gasteiger partial charge on any atom is -0.394 e. The van der Waals surface area contributed by atoms with Crippen LogP contribution in [0.3, 0.4) is 0 Å². The van der Waals surface area contributed by atoms with Crippen molar-refractivity contribution in [2.45, 2.75) is 38.4 Å². The molecule has 118 valence electrons. The normalized spacial score (nSPS) is 12.3. The Kier molecular flexibility index (Phi) is 5.33. The number of alkyl halides is 3. The first-order valence-corrected chi connectivity index (χ1v) is 6.49. The first kappa shape index (κ1) is 17.4. The molecule has 0 aromatic heterocycles. The second kappa shape index (κ2) is 6.43. The third-order valence-electron chi connectivity index (χ3n) is 3.57. The standard InChI is InChI=1S/C14H17F4NO2/c1-3-13(4-2,8-20)19-12(21)10-7-9(14(16,17)18)5-6-11(10)15/h5-7,20H,3-4,8H2,1-2H3,(H,19,21). The molecule has 0 fully saturated rings. The van der Waals surface area contributed by atoms with Gasteiger partial charge in [0.25, 0.3) is 5.91 Å². The van der Waals surface area contributed by atoms with E-state index in [2.05, 4.69) is 5.32 Å². The summed E-state index contributed by atoms with van der Waals surface area (Å²) < 4.78 is 51.4. The fourth-order valence-corrected chi connectivity index (χ4v) is 1.87. The number of rotatable bonds is 5. The average Bonchev–Trinajstić information content (AvgIpc) is 2.44. The summed E-state index contributed by atoms with van der Waals surface area (Å²) in [7, 11) is 0. The monoisotopic (exact) mass is 307 g/mol. The fraction of sp³-hybridized carbons (Fsp3) is 0.500. The number of halogens is 4. The predicted molar refractivity (Wildman–Crippen MR) is 69.3 cm³/mol. The molecule has 21 heavy (non-hydrogen) atoms. The summed E-state index contributed by atoms with van der Waals surface area (Å²) in [5, 5.41) is 11.8. The molecule has 1 aromatic rings. The van der Waals surface area contributed by atoms with Gasteiger partial charge in [-0.15, -0.1) is 0 Å². The van der Waals surface area contributed by atoms with Crippen LogP contribution in [0.4, 0.5) is 17.6 Å². The zero-order chi connectivity index (χ0) is 16.3. The number of benzene rings is 1. The molecule has 0 aliphatic heterocycles. The van der Waals surface area contributed by atoms with Crippen molar-refractivity contribution in [2.75, 3.05) is 6.61 Å². The molecule has 7 heteroatoms. The summed E-state index contributed by atoms with van der Waals surface area (Å²) in [5.74, 6) is -2.02. The molecular formula is C14H17F4NO2. The highest BCUT2D eigenvalue weighted by molar-refractivity contribution is 5.95. The van der Waals surface area contributed by atoms with Crippen LogP contribution in [0.15, 0.2) is 18.2 Å². The molecule has 1 rings (SSSR count). The number of nitrogens with one attached hydrogen (secondary N) is 1. The average molecular weight is 307 g/mol. The lowest BCUT2D eigenvalue weighted by atomic mass is 9.93. The minimum atomic E-state index is -4.66. The molecule has 1 amide bonds. The Morgan fingerprint density at radius 2 is 1.81 bits per heavy atom. The largest absolute Gasteiger partial charge is 0.416 e. The van der Waals surface area contributed by atoms with Crippen molar-refractivity contribution < 1.29 is 27.5 Å². The van der Waals surface area contributed by atoms with Crippen molar-refractivity contribution in [1.82, 2.24) is 5.32 Å². The Morgan fingerprint density at radius 1 is 1.24 bits per heavy atom. The summed E-state index contributed by atoms with van der Waals surface area (Å²) in [6.07, 6.45) is -3.93. The Morgan fingerprint density at radius 3 is 2.24 bits per heavy atom. The van der Waals surface area contributed by atoms with Gasteiger partial charge in [0.05, 0.1) is 23.3 Å². The molecule has 0 aliphatic carbocycles. The summed E-state index contributed by atoms with van der Waals surface area (Å²) in [6, 6.07) is 1.65. The summed E-state index contributed by atoms with van der Waals surface area (Å²) in [6.45, 7) is 3.04. The van der Waals surface area contributed by atoms with Crippen LogP contribution in [0.25, 0.3) is 0 Å². The van der Waals surface area contributed by atoms with Crippen LogP contribution in [-0.4, -0.2) is 23.2 Å². The summed E-state index contributed by atoms with van der Waals surface area (Å²) >= 11 is 0. The molecule has 0 saturated carbocycles. The second-order valence-corrected chi connectivity index (χ2v) is 4.79. The van der Waals surface area contributed by atoms with E-state index >= 15 is 0 Å². The van der Waals surface area contributed by atoms with Crippen molar-refractivity contribution in [2.24, 2.45) is 0 Å². The van der Waals surface area contributed by atoms with Gasteiger partial charge >= 0.3 is 6.18 Å². The number of hydrogen-bond acceptors (Lipinski definition) is 2. The third kappa shape index (κ3) is 3.93. The SMILES string of the molecule is CCC(CC)(CO)NC(=O)c1cc(C(F)(F)F)ccc1F. The van der Waals surface area contributed by atoms with Gasteiger partial charge in [0.1, 0.15) is 5.82 Å². The lowest BCUT2D eigenvalue weighted by molar-refractivity contribution is -0.137. The molecule has 2 N–H and O–H groups in total. The van der Waals surface area contributed by atoms with Crippen molar-refractivity contribution in [3.05, 3.63) is 35.1 Å². The van der Waals surface area contributed by atoms with E-state index in [0.29, 0.717) is 31.0 Å². The molecule has 0 saturated heterocycles. The van der Waals surface area contributed by atoms with E-state index in [0.717, 1.165) is 0 Å². The molecule has 1 aromatic carbocycles. The van der Waals surface area contributed by atoms with E-state index < -0.39 is 34.6 Å². The number of hydrogen-bond donors (Lipinski definition) is 2. The van der Waals surface area contributed by atoms with E-state index in [1.807, 2.05) is 0 Å². The van der Waals surface area contributed by atoms with Gasteiger partial charge in [-0.2, -0.15) is 13.2 Å². The molecule has 0 heterocycles. The first-order valence-electron chi connectivity index (χ1n) is 6.49. The number of aliphatic hydroxyl groups is 1. The van der Waals surface area contributed by atoms with Crippen molar-refractivity contribution in [3.8, 4) is 0 Å². The van der Waals surface area contributed by atoms with Gasteiger partial charge in [-0.1, -0.05) is 13.8 Å². The lowest BCUT2D eigenvalue weighted by Crippen LogP contribution is -2.50. The van der Waals surface area contributed by atoms with Crippen molar-refractivity contribution in [3.63, 3.8) is 0 Å². The topological polar surface area (TPSA) is 49.3 Å². The highest BCUT2D eigenvalue weighted by atomic mass is 19.4. The number of aliphatic hydroxyl groups excluding tert-OH is 1. The zero-order valence-electron chi connectivity index (χ0n) is 11.7. The molecule has 0 radical (unpaired) electrons. The van der Waals surface area contributed by atoms with Crippen LogP contribution < -0.4 is 5.32 Å². The number of carbonyl (C=O) groups is 1. The number of amides is 1. The zero-order valence-corrected chi connectivity index (χ0v) is 11.7. The van der Waals surface area contributed by atoms with Crippen LogP contribution in [0.5, 0.6) is 0 Å². The maximum absolute atomic E-state index is 13.6. The summed E-state index contributed by atoms with van der Waals surface area (Å²) in [4.78, 5) is 12.0. The predicted octanol–water partition coefficient (Wildman–Crippen LogP) is 3.13. The van der Waals surface area contributed by atoms with E-state index in [9.17, 15) is 27.5 Å². The molecule has 0 spiro atoms. The Bertz CT molecular complexity index is 502. The highest BCUT2D eigenvalue weighted by Gasteiger charge is 2.33. The minimum absolute atomic E-state index is 0.367. The Hall–Kier alpha value is -1.63.